The summed E-state index contributed by atoms with van der Waals surface area (Å²) in [5.41, 5.74) is 6.34. The Bertz CT molecular complexity index is 1350. The first-order chi connectivity index (χ1) is 17.5. The van der Waals surface area contributed by atoms with E-state index in [1.54, 1.807) is 6.21 Å². The fourth-order valence-electron chi connectivity index (χ4n) is 4.67. The van der Waals surface area contributed by atoms with Crippen molar-refractivity contribution in [3.8, 4) is 0 Å². The molecule has 1 unspecified atom stereocenters. The molecule has 0 amide bonds. The first-order valence-corrected chi connectivity index (χ1v) is 12.4. The van der Waals surface area contributed by atoms with Gasteiger partial charge < -0.3 is 4.74 Å². The van der Waals surface area contributed by atoms with E-state index in [-0.39, 0.29) is 11.4 Å². The van der Waals surface area contributed by atoms with Gasteiger partial charge in [0.2, 0.25) is 0 Å². The zero-order valence-corrected chi connectivity index (χ0v) is 20.6. The molecule has 0 bridgehead atoms. The van der Waals surface area contributed by atoms with Crippen LogP contribution >= 0.6 is 0 Å². The summed E-state index contributed by atoms with van der Waals surface area (Å²) >= 11 is 0. The van der Waals surface area contributed by atoms with Gasteiger partial charge in [0.1, 0.15) is 5.71 Å². The molecular weight excluding hydrogens is 456 g/mol. The quantitative estimate of drug-likeness (QED) is 0.460. The molecule has 0 fully saturated rings. The van der Waals surface area contributed by atoms with Crippen molar-refractivity contribution >= 4 is 23.3 Å². The number of halogens is 2. The van der Waals surface area contributed by atoms with Crippen LogP contribution in [0.15, 0.2) is 86.6 Å². The molecule has 3 heterocycles. The highest BCUT2D eigenvalue weighted by Crippen LogP contribution is 2.31. The topological polar surface area (TPSA) is 46.3 Å². The van der Waals surface area contributed by atoms with Crippen molar-refractivity contribution in [1.82, 2.24) is 0 Å². The summed E-state index contributed by atoms with van der Waals surface area (Å²) < 4.78 is 34.1. The van der Waals surface area contributed by atoms with Crippen molar-refractivity contribution in [2.75, 3.05) is 13.2 Å². The average molecular weight is 486 g/mol. The van der Waals surface area contributed by atoms with Crippen LogP contribution in [0.2, 0.25) is 0 Å². The van der Waals surface area contributed by atoms with Crippen LogP contribution in [0.3, 0.4) is 0 Å². The Morgan fingerprint density at radius 1 is 1.03 bits per heavy atom. The third-order valence-corrected chi connectivity index (χ3v) is 6.78. The number of hydrogen-bond acceptors (Lipinski definition) is 4. The van der Waals surface area contributed by atoms with Crippen molar-refractivity contribution in [2.24, 2.45) is 20.9 Å². The van der Waals surface area contributed by atoms with Crippen LogP contribution in [0.4, 0.5) is 8.78 Å². The Labute approximate surface area is 210 Å². The number of amidine groups is 1. The van der Waals surface area contributed by atoms with Gasteiger partial charge in [0, 0.05) is 25.6 Å². The molecule has 0 saturated carbocycles. The monoisotopic (exact) mass is 485 g/mol. The summed E-state index contributed by atoms with van der Waals surface area (Å²) in [4.78, 5) is 13.5. The number of aliphatic imine (C=N–C) groups is 3. The largest absolute Gasteiger partial charge is 0.498 e. The maximum absolute atomic E-state index is 14.2. The lowest BCUT2D eigenvalue weighted by atomic mass is 9.94. The lowest BCUT2D eigenvalue weighted by Crippen LogP contribution is -2.08. The molecule has 2 aromatic rings. The summed E-state index contributed by atoms with van der Waals surface area (Å²) in [6.45, 7) is 5.59. The first-order valence-electron chi connectivity index (χ1n) is 12.4. The second-order valence-electron chi connectivity index (χ2n) is 9.53. The molecule has 1 atom stereocenters. The molecule has 6 heteroatoms. The molecule has 0 spiro atoms. The first kappa shape index (κ1) is 24.0. The van der Waals surface area contributed by atoms with E-state index in [1.807, 2.05) is 6.08 Å². The Morgan fingerprint density at radius 2 is 1.86 bits per heavy atom. The van der Waals surface area contributed by atoms with Gasteiger partial charge in [-0.25, -0.2) is 18.8 Å². The Kier molecular flexibility index (Phi) is 7.03. The van der Waals surface area contributed by atoms with E-state index >= 15 is 0 Å². The summed E-state index contributed by atoms with van der Waals surface area (Å²) in [6.07, 6.45) is 9.32. The molecule has 3 aliphatic rings. The number of ether oxygens (including phenoxy) is 1. The normalized spacial score (nSPS) is 20.2. The molecule has 0 N–H and O–H groups in total. The molecule has 4 nitrogen and oxygen atoms in total. The number of fused-ring (bicyclic) bond motifs is 1. The minimum absolute atomic E-state index is 0.0596. The third-order valence-electron chi connectivity index (χ3n) is 6.78. The van der Waals surface area contributed by atoms with Crippen molar-refractivity contribution in [2.45, 2.75) is 39.5 Å². The second-order valence-corrected chi connectivity index (χ2v) is 9.53. The van der Waals surface area contributed by atoms with Gasteiger partial charge in [-0.3, -0.25) is 4.99 Å². The Hall–Kier alpha value is -3.67. The summed E-state index contributed by atoms with van der Waals surface area (Å²) in [5.74, 6) is -0.359. The van der Waals surface area contributed by atoms with Crippen molar-refractivity contribution < 1.29 is 13.5 Å². The Morgan fingerprint density at radius 3 is 2.69 bits per heavy atom. The smallest absolute Gasteiger partial charge is 0.169 e. The molecular formula is C30H29F2N3O. The van der Waals surface area contributed by atoms with E-state index in [2.05, 4.69) is 59.2 Å². The number of allylic oxidation sites excluding steroid dienone is 5. The maximum Gasteiger partial charge on any atom is 0.169 e. The Balaban J connectivity index is 1.31. The molecule has 0 radical (unpaired) electrons. The fourth-order valence-corrected chi connectivity index (χ4v) is 4.67. The number of hydrogen-bond donors (Lipinski definition) is 0. The molecule has 5 rings (SSSR count). The molecule has 3 aliphatic heterocycles. The van der Waals surface area contributed by atoms with E-state index in [4.69, 9.17) is 4.74 Å². The predicted molar refractivity (Wildman–Crippen MR) is 142 cm³/mol. The molecule has 36 heavy (non-hydrogen) atoms. The van der Waals surface area contributed by atoms with Crippen LogP contribution in [-0.2, 0) is 4.74 Å². The molecule has 0 aliphatic carbocycles. The van der Waals surface area contributed by atoms with Gasteiger partial charge in [-0.05, 0) is 62.0 Å². The van der Waals surface area contributed by atoms with Gasteiger partial charge in [-0.1, -0.05) is 47.5 Å². The third kappa shape index (κ3) is 5.27. The van der Waals surface area contributed by atoms with Gasteiger partial charge in [0.05, 0.1) is 23.6 Å². The number of rotatable bonds is 4. The lowest BCUT2D eigenvalue weighted by molar-refractivity contribution is 0.196. The predicted octanol–water partition coefficient (Wildman–Crippen LogP) is 7.01. The number of benzene rings is 2. The van der Waals surface area contributed by atoms with Gasteiger partial charge >= 0.3 is 0 Å². The van der Waals surface area contributed by atoms with Crippen LogP contribution < -0.4 is 0 Å². The molecule has 184 valence electrons. The van der Waals surface area contributed by atoms with Crippen LogP contribution in [0.5, 0.6) is 0 Å². The van der Waals surface area contributed by atoms with Gasteiger partial charge in [0.25, 0.3) is 0 Å². The number of nitrogens with zero attached hydrogens (tertiary/aromatic N) is 3. The standard InChI is InChI=1S/C30H29F2N3O/c1-19-9-11-22(12-10-19)25-16-23(36-14-13-20(25)2)15-21-5-3-8-27-28(18-33-17-21)35-30(34-27)24-6-4-7-26(31)29(24)32/h4,6-12,16,18,21H,3,5,13-15,17H2,1-2H3. The summed E-state index contributed by atoms with van der Waals surface area (Å²) in [6, 6.07) is 12.7. The van der Waals surface area contributed by atoms with E-state index in [9.17, 15) is 8.78 Å². The highest BCUT2D eigenvalue weighted by Gasteiger charge is 2.22. The SMILES string of the molecule is CC1=C(c2ccc(C)cc2)C=C(CC2CCC=C3N=C(c4cccc(F)c4F)N=C3C=NC2)OCC1. The van der Waals surface area contributed by atoms with E-state index in [0.29, 0.717) is 30.5 Å². The van der Waals surface area contributed by atoms with Crippen LogP contribution in [0.25, 0.3) is 5.57 Å². The van der Waals surface area contributed by atoms with Crippen molar-refractivity contribution in [1.29, 1.82) is 0 Å². The minimum Gasteiger partial charge on any atom is -0.498 e. The summed E-state index contributed by atoms with van der Waals surface area (Å²) in [7, 11) is 0. The van der Waals surface area contributed by atoms with E-state index in [0.717, 1.165) is 37.5 Å². The fraction of sp³-hybridized carbons (Fsp3) is 0.300. The van der Waals surface area contributed by atoms with Crippen LogP contribution in [0, 0.1) is 24.5 Å². The zero-order valence-electron chi connectivity index (χ0n) is 20.6. The van der Waals surface area contributed by atoms with Crippen molar-refractivity contribution in [3.05, 3.63) is 100.0 Å². The second kappa shape index (κ2) is 10.5. The van der Waals surface area contributed by atoms with Crippen molar-refractivity contribution in [3.63, 3.8) is 0 Å². The minimum atomic E-state index is -0.935. The van der Waals surface area contributed by atoms with E-state index < -0.39 is 11.6 Å². The summed E-state index contributed by atoms with van der Waals surface area (Å²) in [5, 5.41) is 0. The maximum atomic E-state index is 14.2. The highest BCUT2D eigenvalue weighted by molar-refractivity contribution is 6.42. The van der Waals surface area contributed by atoms with Gasteiger partial charge in [-0.2, -0.15) is 0 Å². The lowest BCUT2D eigenvalue weighted by Gasteiger charge is -2.16. The zero-order chi connectivity index (χ0) is 25.1. The van der Waals surface area contributed by atoms with Crippen LogP contribution in [0.1, 0.15) is 49.3 Å². The number of aryl methyl sites for hydroxylation is 1. The molecule has 0 aromatic heterocycles. The average Bonchev–Trinajstić information content (AvgIpc) is 3.20. The van der Waals surface area contributed by atoms with Crippen LogP contribution in [-0.4, -0.2) is 30.9 Å². The van der Waals surface area contributed by atoms with Gasteiger partial charge in [0.15, 0.2) is 17.5 Å². The highest BCUT2D eigenvalue weighted by atomic mass is 19.2. The molecule has 0 saturated heterocycles. The van der Waals surface area contributed by atoms with E-state index in [1.165, 1.54) is 34.4 Å². The molecule has 2 aromatic carbocycles. The van der Waals surface area contributed by atoms with Gasteiger partial charge in [-0.15, -0.1) is 0 Å².